The van der Waals surface area contributed by atoms with Gasteiger partial charge < -0.3 is 11.1 Å². The molecule has 1 rings (SSSR count). The first-order valence-corrected chi connectivity index (χ1v) is 3.26. The lowest BCUT2D eigenvalue weighted by Gasteiger charge is -2.03. The molecule has 0 aromatic rings. The Bertz CT molecular complexity index is 114. The maximum Gasteiger partial charge on any atom is 0.0962 e. The molecule has 0 unspecified atom stereocenters. The molecule has 1 heterocycles. The summed E-state index contributed by atoms with van der Waals surface area (Å²) in [5, 5.41) is 2.93. The Labute approximate surface area is 56.4 Å². The molecule has 0 amide bonds. The molecular weight excluding hydrogens is 112 g/mol. The fraction of sp³-hybridized carbons (Fsp3) is 0.429. The zero-order valence-electron chi connectivity index (χ0n) is 6.02. The lowest BCUT2D eigenvalue weighted by atomic mass is 10.4. The Balaban J connectivity index is 0.000000291. The van der Waals surface area contributed by atoms with Gasteiger partial charge in [0.25, 0.3) is 0 Å². The van der Waals surface area contributed by atoms with Gasteiger partial charge in [0.05, 0.1) is 5.82 Å². The van der Waals surface area contributed by atoms with Gasteiger partial charge in [-0.3, -0.25) is 0 Å². The van der Waals surface area contributed by atoms with Gasteiger partial charge in [0.1, 0.15) is 0 Å². The predicted molar refractivity (Wildman–Crippen MR) is 40.8 cm³/mol. The molecule has 0 radical (unpaired) electrons. The van der Waals surface area contributed by atoms with E-state index in [0.717, 1.165) is 12.4 Å². The van der Waals surface area contributed by atoms with E-state index in [2.05, 4.69) is 5.32 Å². The second-order valence-corrected chi connectivity index (χ2v) is 1.43. The van der Waals surface area contributed by atoms with Crippen LogP contribution in [0.4, 0.5) is 0 Å². The second kappa shape index (κ2) is 5.22. The van der Waals surface area contributed by atoms with Crippen LogP contribution in [0.2, 0.25) is 0 Å². The van der Waals surface area contributed by atoms with Crippen LogP contribution in [0.5, 0.6) is 0 Å². The van der Waals surface area contributed by atoms with Gasteiger partial charge in [-0.1, -0.05) is 26.0 Å². The zero-order chi connectivity index (χ0) is 7.11. The topological polar surface area (TPSA) is 38.0 Å². The van der Waals surface area contributed by atoms with Crippen LogP contribution in [0.25, 0.3) is 0 Å². The summed E-state index contributed by atoms with van der Waals surface area (Å²) >= 11 is 0. The van der Waals surface area contributed by atoms with E-state index in [1.807, 2.05) is 32.1 Å². The summed E-state index contributed by atoms with van der Waals surface area (Å²) < 4.78 is 0. The first-order chi connectivity index (χ1) is 4.39. The minimum Gasteiger partial charge on any atom is -0.386 e. The molecule has 0 atom stereocenters. The number of dihydropyridines is 1. The van der Waals surface area contributed by atoms with Crippen molar-refractivity contribution in [1.82, 2.24) is 5.32 Å². The minimum absolute atomic E-state index is 0.752. The molecule has 0 spiro atoms. The predicted octanol–water partition coefficient (Wildman–Crippen LogP) is 0.972. The normalized spacial score (nSPS) is 14.7. The van der Waals surface area contributed by atoms with E-state index in [1.165, 1.54) is 0 Å². The highest BCUT2D eigenvalue weighted by Crippen LogP contribution is 1.85. The number of hydrogen-bond donors (Lipinski definition) is 2. The van der Waals surface area contributed by atoms with Crippen molar-refractivity contribution in [2.45, 2.75) is 13.8 Å². The Hall–Kier alpha value is -0.920. The molecule has 3 N–H and O–H groups in total. The van der Waals surface area contributed by atoms with E-state index in [1.54, 1.807) is 0 Å². The highest BCUT2D eigenvalue weighted by molar-refractivity contribution is 5.13. The molecule has 9 heavy (non-hydrogen) atoms. The lowest BCUT2D eigenvalue weighted by Crippen LogP contribution is -2.21. The van der Waals surface area contributed by atoms with Crippen molar-refractivity contribution in [2.24, 2.45) is 5.73 Å². The Kier molecular flexibility index (Phi) is 4.69. The third-order valence-corrected chi connectivity index (χ3v) is 0.836. The highest BCUT2D eigenvalue weighted by atomic mass is 15.0. The van der Waals surface area contributed by atoms with E-state index in [4.69, 9.17) is 5.73 Å². The fourth-order valence-electron chi connectivity index (χ4n) is 0.475. The average Bonchev–Trinajstić information content (AvgIpc) is 1.94. The van der Waals surface area contributed by atoms with E-state index >= 15 is 0 Å². The van der Waals surface area contributed by atoms with Crippen molar-refractivity contribution in [3.8, 4) is 0 Å². The van der Waals surface area contributed by atoms with Crippen LogP contribution in [-0.4, -0.2) is 6.54 Å². The van der Waals surface area contributed by atoms with Gasteiger partial charge in [-0.15, -0.1) is 0 Å². The molecule has 0 aromatic carbocycles. The van der Waals surface area contributed by atoms with Crippen LogP contribution in [0.1, 0.15) is 13.8 Å². The Morgan fingerprint density at radius 3 is 2.44 bits per heavy atom. The van der Waals surface area contributed by atoms with Crippen LogP contribution in [0.3, 0.4) is 0 Å². The smallest absolute Gasteiger partial charge is 0.0962 e. The molecule has 0 aromatic heterocycles. The SMILES string of the molecule is CC.NC1=CC=CCN1. The van der Waals surface area contributed by atoms with Crippen LogP contribution < -0.4 is 11.1 Å². The molecule has 0 saturated heterocycles. The molecule has 2 heteroatoms. The summed E-state index contributed by atoms with van der Waals surface area (Å²) in [6.45, 7) is 4.86. The van der Waals surface area contributed by atoms with Crippen molar-refractivity contribution in [2.75, 3.05) is 6.54 Å². The summed E-state index contributed by atoms with van der Waals surface area (Å²) in [5.41, 5.74) is 5.33. The number of nitrogens with one attached hydrogen (secondary N) is 1. The lowest BCUT2D eigenvalue weighted by molar-refractivity contribution is 0.874. The molecule has 2 nitrogen and oxygen atoms in total. The molecule has 0 saturated carbocycles. The van der Waals surface area contributed by atoms with Gasteiger partial charge >= 0.3 is 0 Å². The van der Waals surface area contributed by atoms with Gasteiger partial charge in [0, 0.05) is 6.54 Å². The first kappa shape index (κ1) is 8.08. The molecule has 1 aliphatic heterocycles. The highest BCUT2D eigenvalue weighted by Gasteiger charge is 1.85. The van der Waals surface area contributed by atoms with E-state index in [9.17, 15) is 0 Å². The fourth-order valence-corrected chi connectivity index (χ4v) is 0.475. The molecule has 0 aliphatic carbocycles. The van der Waals surface area contributed by atoms with E-state index in [0.29, 0.717) is 0 Å². The maximum atomic E-state index is 5.33. The summed E-state index contributed by atoms with van der Waals surface area (Å²) in [6.07, 6.45) is 5.78. The standard InChI is InChI=1S/C5H8N2.C2H6/c6-5-3-1-2-4-7-5;1-2/h1-3,7H,4,6H2;1-2H3. The quantitative estimate of drug-likeness (QED) is 0.507. The van der Waals surface area contributed by atoms with Crippen molar-refractivity contribution in [3.05, 3.63) is 24.0 Å². The molecular formula is C7H14N2. The van der Waals surface area contributed by atoms with Gasteiger partial charge in [0.2, 0.25) is 0 Å². The average molecular weight is 126 g/mol. The summed E-state index contributed by atoms with van der Waals surface area (Å²) in [7, 11) is 0. The zero-order valence-corrected chi connectivity index (χ0v) is 6.02. The number of hydrogen-bond acceptors (Lipinski definition) is 2. The second-order valence-electron chi connectivity index (χ2n) is 1.43. The van der Waals surface area contributed by atoms with Crippen LogP contribution in [0.15, 0.2) is 24.0 Å². The van der Waals surface area contributed by atoms with Crippen LogP contribution in [0, 0.1) is 0 Å². The van der Waals surface area contributed by atoms with Gasteiger partial charge in [0.15, 0.2) is 0 Å². The number of nitrogens with two attached hydrogens (primary N) is 1. The molecule has 0 fully saturated rings. The first-order valence-electron chi connectivity index (χ1n) is 3.26. The summed E-state index contributed by atoms with van der Waals surface area (Å²) in [5.74, 6) is 0.752. The van der Waals surface area contributed by atoms with Gasteiger partial charge in [-0.25, -0.2) is 0 Å². The third kappa shape index (κ3) is 3.64. The Morgan fingerprint density at radius 1 is 1.56 bits per heavy atom. The van der Waals surface area contributed by atoms with Crippen molar-refractivity contribution in [3.63, 3.8) is 0 Å². The number of rotatable bonds is 0. The molecule has 52 valence electrons. The van der Waals surface area contributed by atoms with E-state index in [-0.39, 0.29) is 0 Å². The third-order valence-electron chi connectivity index (χ3n) is 0.836. The summed E-state index contributed by atoms with van der Waals surface area (Å²) in [6, 6.07) is 0. The van der Waals surface area contributed by atoms with Crippen LogP contribution in [-0.2, 0) is 0 Å². The van der Waals surface area contributed by atoms with Crippen molar-refractivity contribution >= 4 is 0 Å². The van der Waals surface area contributed by atoms with Crippen molar-refractivity contribution < 1.29 is 0 Å². The van der Waals surface area contributed by atoms with Crippen LogP contribution >= 0.6 is 0 Å². The van der Waals surface area contributed by atoms with Gasteiger partial charge in [-0.2, -0.15) is 0 Å². The minimum atomic E-state index is 0.752. The summed E-state index contributed by atoms with van der Waals surface area (Å²) in [4.78, 5) is 0. The van der Waals surface area contributed by atoms with E-state index < -0.39 is 0 Å². The van der Waals surface area contributed by atoms with Crippen molar-refractivity contribution in [1.29, 1.82) is 0 Å². The number of allylic oxidation sites excluding steroid dienone is 2. The van der Waals surface area contributed by atoms with Gasteiger partial charge in [-0.05, 0) is 6.08 Å². The molecule has 0 bridgehead atoms. The largest absolute Gasteiger partial charge is 0.386 e. The Morgan fingerprint density at radius 2 is 2.22 bits per heavy atom. The maximum absolute atomic E-state index is 5.33. The molecule has 1 aliphatic rings. The monoisotopic (exact) mass is 126 g/mol.